The number of hydrogen-bond acceptors (Lipinski definition) is 1. The summed E-state index contributed by atoms with van der Waals surface area (Å²) in [6, 6.07) is 61.9. The molecule has 0 saturated carbocycles. The van der Waals surface area contributed by atoms with Crippen LogP contribution in [0.4, 0.5) is 0 Å². The smallest absolute Gasteiger partial charge is 0.0436 e. The molecule has 57 heavy (non-hydrogen) atoms. The third kappa shape index (κ3) is 5.64. The third-order valence-corrected chi connectivity index (χ3v) is 14.0. The van der Waals surface area contributed by atoms with E-state index in [1.54, 1.807) is 0 Å². The van der Waals surface area contributed by atoms with Crippen molar-refractivity contribution in [1.29, 1.82) is 0 Å². The molecule has 0 bridgehead atoms. The average Bonchev–Trinajstić information content (AvgIpc) is 3.81. The first-order valence-corrected chi connectivity index (χ1v) is 21.0. The molecular formula is C56H42S. The van der Waals surface area contributed by atoms with Gasteiger partial charge in [0.15, 0.2) is 0 Å². The molecule has 8 aromatic carbocycles. The molecule has 272 valence electrons. The second-order valence-corrected chi connectivity index (χ2v) is 17.3. The van der Waals surface area contributed by atoms with Crippen LogP contribution in [0.2, 0.25) is 0 Å². The van der Waals surface area contributed by atoms with Gasteiger partial charge in [-0.15, -0.1) is 11.3 Å². The average molecular weight is 747 g/mol. The lowest BCUT2D eigenvalue weighted by Crippen LogP contribution is -2.19. The Labute approximate surface area is 339 Å². The van der Waals surface area contributed by atoms with Crippen molar-refractivity contribution in [3.8, 4) is 33.4 Å². The molecule has 1 heterocycles. The van der Waals surface area contributed by atoms with Crippen molar-refractivity contribution < 1.29 is 0 Å². The molecule has 0 aliphatic heterocycles. The molecule has 2 atom stereocenters. The van der Waals surface area contributed by atoms with Crippen molar-refractivity contribution in [3.05, 3.63) is 227 Å². The SMILES string of the molecule is Cc1c(-c2ccccc2Cc2ccc3ccccc3c2)cc(-c2ccc3c(c2)-c2ccccc2C3c2cccc(C3(C)C=CC=CC3)c2)c2sc3ccccc3c12. The van der Waals surface area contributed by atoms with Crippen LogP contribution >= 0.6 is 11.3 Å². The van der Waals surface area contributed by atoms with Gasteiger partial charge in [-0.25, -0.2) is 0 Å². The fourth-order valence-corrected chi connectivity index (χ4v) is 11.1. The van der Waals surface area contributed by atoms with E-state index in [1.165, 1.54) is 103 Å². The van der Waals surface area contributed by atoms with Crippen LogP contribution in [0.3, 0.4) is 0 Å². The van der Waals surface area contributed by atoms with Crippen molar-refractivity contribution in [2.24, 2.45) is 0 Å². The molecule has 2 aliphatic rings. The molecule has 0 spiro atoms. The normalized spacial score (nSPS) is 17.1. The lowest BCUT2D eigenvalue weighted by molar-refractivity contribution is 0.598. The quantitative estimate of drug-likeness (QED) is 0.159. The predicted molar refractivity (Wildman–Crippen MR) is 245 cm³/mol. The van der Waals surface area contributed by atoms with E-state index in [-0.39, 0.29) is 11.3 Å². The lowest BCUT2D eigenvalue weighted by Gasteiger charge is -2.28. The first-order chi connectivity index (χ1) is 28.0. The number of fused-ring (bicyclic) bond motifs is 7. The van der Waals surface area contributed by atoms with Crippen LogP contribution in [-0.4, -0.2) is 0 Å². The molecule has 1 heteroatoms. The van der Waals surface area contributed by atoms with Crippen molar-refractivity contribution in [2.75, 3.05) is 0 Å². The van der Waals surface area contributed by atoms with Crippen molar-refractivity contribution in [2.45, 2.75) is 38.0 Å². The van der Waals surface area contributed by atoms with Gasteiger partial charge >= 0.3 is 0 Å². The molecule has 9 aromatic rings. The van der Waals surface area contributed by atoms with E-state index in [2.05, 4.69) is 202 Å². The first-order valence-electron chi connectivity index (χ1n) is 20.2. The van der Waals surface area contributed by atoms with Gasteiger partial charge in [0, 0.05) is 37.1 Å². The van der Waals surface area contributed by atoms with Gasteiger partial charge in [-0.1, -0.05) is 177 Å². The monoisotopic (exact) mass is 746 g/mol. The van der Waals surface area contributed by atoms with E-state index in [0.29, 0.717) is 0 Å². The van der Waals surface area contributed by atoms with Crippen LogP contribution in [0, 0.1) is 6.92 Å². The Morgan fingerprint density at radius 3 is 2.28 bits per heavy atom. The predicted octanol–water partition coefficient (Wildman–Crippen LogP) is 15.4. The number of rotatable bonds is 6. The number of thiophene rings is 1. The summed E-state index contributed by atoms with van der Waals surface area (Å²) in [7, 11) is 0. The summed E-state index contributed by atoms with van der Waals surface area (Å²) in [6.07, 6.45) is 10.9. The first kappa shape index (κ1) is 34.0. The minimum absolute atomic E-state index is 0.00241. The van der Waals surface area contributed by atoms with Crippen molar-refractivity contribution in [3.63, 3.8) is 0 Å². The minimum Gasteiger partial charge on any atom is -0.135 e. The topological polar surface area (TPSA) is 0 Å². The molecule has 0 saturated heterocycles. The lowest BCUT2D eigenvalue weighted by atomic mass is 9.76. The molecule has 0 nitrogen and oxygen atoms in total. The highest BCUT2D eigenvalue weighted by Crippen LogP contribution is 2.52. The Balaban J connectivity index is 1.07. The van der Waals surface area contributed by atoms with E-state index >= 15 is 0 Å². The molecular weight excluding hydrogens is 705 g/mol. The van der Waals surface area contributed by atoms with Gasteiger partial charge < -0.3 is 0 Å². The summed E-state index contributed by atoms with van der Waals surface area (Å²) in [6.45, 7) is 4.70. The Kier molecular flexibility index (Phi) is 8.02. The van der Waals surface area contributed by atoms with Crippen LogP contribution in [0.15, 0.2) is 188 Å². The van der Waals surface area contributed by atoms with Gasteiger partial charge in [0.05, 0.1) is 0 Å². The zero-order valence-electron chi connectivity index (χ0n) is 32.3. The van der Waals surface area contributed by atoms with Crippen LogP contribution in [0.1, 0.15) is 58.2 Å². The maximum atomic E-state index is 2.50. The van der Waals surface area contributed by atoms with Gasteiger partial charge in [-0.05, 0) is 115 Å². The van der Waals surface area contributed by atoms with E-state index in [0.717, 1.165) is 12.8 Å². The number of allylic oxidation sites excluding steroid dienone is 4. The Morgan fingerprint density at radius 2 is 1.39 bits per heavy atom. The standard InChI is InChI=1S/C56H42S/c1-36-49(44-20-7-6-17-40(44)32-37-25-26-38-15-4-5-16-39(38)31-37)35-50(55-53(36)48-23-10-11-24-52(48)57-55)41-27-28-47-51(34-41)45-21-8-9-22-46(45)54(47)42-18-14-19-43(33-42)56(2)29-12-3-13-30-56/h3-29,31,33-35,54H,30,32H2,1-2H3. The summed E-state index contributed by atoms with van der Waals surface area (Å²) in [5, 5.41) is 5.29. The summed E-state index contributed by atoms with van der Waals surface area (Å²) >= 11 is 1.93. The third-order valence-electron chi connectivity index (χ3n) is 12.8. The van der Waals surface area contributed by atoms with Crippen LogP contribution in [0.5, 0.6) is 0 Å². The highest BCUT2D eigenvalue weighted by Gasteiger charge is 2.32. The van der Waals surface area contributed by atoms with Crippen molar-refractivity contribution >= 4 is 42.3 Å². The Hall–Kier alpha value is -6.28. The van der Waals surface area contributed by atoms with E-state index in [1.807, 2.05) is 11.3 Å². The van der Waals surface area contributed by atoms with Crippen LogP contribution in [0.25, 0.3) is 64.3 Å². The minimum atomic E-state index is 0.00241. The van der Waals surface area contributed by atoms with Crippen molar-refractivity contribution in [1.82, 2.24) is 0 Å². The largest absolute Gasteiger partial charge is 0.135 e. The van der Waals surface area contributed by atoms with E-state index < -0.39 is 0 Å². The van der Waals surface area contributed by atoms with E-state index in [4.69, 9.17) is 0 Å². The number of hydrogen-bond donors (Lipinski definition) is 0. The zero-order chi connectivity index (χ0) is 38.1. The molecule has 0 fully saturated rings. The van der Waals surface area contributed by atoms with Crippen LogP contribution in [-0.2, 0) is 11.8 Å². The zero-order valence-corrected chi connectivity index (χ0v) is 33.1. The molecule has 2 aliphatic carbocycles. The Morgan fingerprint density at radius 1 is 0.596 bits per heavy atom. The molecule has 11 rings (SSSR count). The van der Waals surface area contributed by atoms with Gasteiger partial charge in [0.2, 0.25) is 0 Å². The van der Waals surface area contributed by atoms with Gasteiger partial charge in [0.25, 0.3) is 0 Å². The van der Waals surface area contributed by atoms with Gasteiger partial charge in [-0.3, -0.25) is 0 Å². The fraction of sp³-hybridized carbons (Fsp3) is 0.107. The summed E-state index contributed by atoms with van der Waals surface area (Å²) in [5.41, 5.74) is 17.5. The fourth-order valence-electron chi connectivity index (χ4n) is 9.80. The molecule has 0 radical (unpaired) electrons. The molecule has 0 N–H and O–H groups in total. The maximum Gasteiger partial charge on any atom is 0.0436 e. The molecule has 1 aromatic heterocycles. The van der Waals surface area contributed by atoms with Gasteiger partial charge in [0.1, 0.15) is 0 Å². The molecule has 0 amide bonds. The second kappa shape index (κ2) is 13.4. The summed E-state index contributed by atoms with van der Waals surface area (Å²) in [5.74, 6) is 0.191. The highest BCUT2D eigenvalue weighted by molar-refractivity contribution is 7.26. The number of aryl methyl sites for hydroxylation is 1. The number of benzene rings is 8. The highest BCUT2D eigenvalue weighted by atomic mass is 32.1. The summed E-state index contributed by atoms with van der Waals surface area (Å²) in [4.78, 5) is 0. The second-order valence-electron chi connectivity index (χ2n) is 16.3. The summed E-state index contributed by atoms with van der Waals surface area (Å²) < 4.78 is 2.70. The molecule has 2 unspecified atom stereocenters. The Bertz CT molecular complexity index is 3120. The van der Waals surface area contributed by atoms with E-state index in [9.17, 15) is 0 Å². The maximum absolute atomic E-state index is 2.50. The van der Waals surface area contributed by atoms with Crippen LogP contribution < -0.4 is 0 Å². The van der Waals surface area contributed by atoms with Gasteiger partial charge in [-0.2, -0.15) is 0 Å².